The van der Waals surface area contributed by atoms with E-state index in [1.54, 1.807) is 0 Å². The summed E-state index contributed by atoms with van der Waals surface area (Å²) in [5.74, 6) is 0.954. The van der Waals surface area contributed by atoms with E-state index >= 15 is 0 Å². The maximum absolute atomic E-state index is 10.4. The lowest BCUT2D eigenvalue weighted by atomic mass is 10.1. The molecule has 0 spiro atoms. The van der Waals surface area contributed by atoms with E-state index in [2.05, 4.69) is 54.7 Å². The summed E-state index contributed by atoms with van der Waals surface area (Å²) >= 11 is 0. The summed E-state index contributed by atoms with van der Waals surface area (Å²) < 4.78 is 0. The van der Waals surface area contributed by atoms with E-state index in [0.717, 1.165) is 35.4 Å². The van der Waals surface area contributed by atoms with Crippen LogP contribution < -0.4 is 4.90 Å². The number of phenols is 1. The Kier molecular flexibility index (Phi) is 3.99. The minimum atomic E-state index is 0.252. The van der Waals surface area contributed by atoms with Crippen LogP contribution in [0, 0.1) is 13.8 Å². The van der Waals surface area contributed by atoms with Gasteiger partial charge in [-0.25, -0.2) is 4.98 Å². The summed E-state index contributed by atoms with van der Waals surface area (Å²) in [5.41, 5.74) is 6.13. The number of aromatic nitrogens is 2. The highest BCUT2D eigenvalue weighted by atomic mass is 16.3. The van der Waals surface area contributed by atoms with Gasteiger partial charge in [0.25, 0.3) is 0 Å². The molecule has 3 rings (SSSR count). The summed E-state index contributed by atoms with van der Waals surface area (Å²) in [6, 6.07) is 9.95. The van der Waals surface area contributed by atoms with Crippen molar-refractivity contribution < 1.29 is 5.11 Å². The van der Waals surface area contributed by atoms with Crippen LogP contribution in [0.25, 0.3) is 22.4 Å². The molecule has 0 fully saturated rings. The van der Waals surface area contributed by atoms with Gasteiger partial charge in [-0.2, -0.15) is 0 Å². The van der Waals surface area contributed by atoms with Crippen molar-refractivity contribution in [1.82, 2.24) is 9.97 Å². The third kappa shape index (κ3) is 2.77. The van der Waals surface area contributed by atoms with Crippen molar-refractivity contribution in [3.05, 3.63) is 41.5 Å². The molecule has 120 valence electrons. The van der Waals surface area contributed by atoms with Gasteiger partial charge in [0.05, 0.1) is 16.6 Å². The van der Waals surface area contributed by atoms with E-state index in [4.69, 9.17) is 0 Å². The van der Waals surface area contributed by atoms with Crippen molar-refractivity contribution in [3.63, 3.8) is 0 Å². The normalized spacial score (nSPS) is 11.1. The zero-order chi connectivity index (χ0) is 16.6. The van der Waals surface area contributed by atoms with Crippen molar-refractivity contribution in [2.75, 3.05) is 18.0 Å². The van der Waals surface area contributed by atoms with E-state index in [-0.39, 0.29) is 5.75 Å². The third-order valence-corrected chi connectivity index (χ3v) is 4.46. The lowest BCUT2D eigenvalue weighted by Crippen LogP contribution is -2.21. The zero-order valence-electron chi connectivity index (χ0n) is 14.1. The number of hydrogen-bond donors (Lipinski definition) is 2. The molecular formula is C19H23N3O. The summed E-state index contributed by atoms with van der Waals surface area (Å²) in [4.78, 5) is 10.1. The Morgan fingerprint density at radius 2 is 1.74 bits per heavy atom. The summed E-state index contributed by atoms with van der Waals surface area (Å²) in [6.45, 7) is 10.2. The van der Waals surface area contributed by atoms with Crippen LogP contribution in [0.2, 0.25) is 0 Å². The van der Waals surface area contributed by atoms with Crippen molar-refractivity contribution in [3.8, 4) is 17.1 Å². The van der Waals surface area contributed by atoms with Crippen LogP contribution in [0.15, 0.2) is 30.3 Å². The summed E-state index contributed by atoms with van der Waals surface area (Å²) in [5, 5.41) is 10.4. The van der Waals surface area contributed by atoms with Gasteiger partial charge in [0.15, 0.2) is 0 Å². The van der Waals surface area contributed by atoms with Crippen LogP contribution in [0.5, 0.6) is 5.75 Å². The van der Waals surface area contributed by atoms with Gasteiger partial charge in [0, 0.05) is 24.8 Å². The Balaban J connectivity index is 2.05. The molecule has 0 radical (unpaired) electrons. The fourth-order valence-electron chi connectivity index (χ4n) is 2.90. The Labute approximate surface area is 136 Å². The van der Waals surface area contributed by atoms with Crippen molar-refractivity contribution in [1.29, 1.82) is 0 Å². The average molecular weight is 309 g/mol. The number of H-pyrrole nitrogens is 1. The number of aromatic hydroxyl groups is 1. The molecule has 0 saturated heterocycles. The number of nitrogens with one attached hydrogen (secondary N) is 1. The minimum absolute atomic E-state index is 0.252. The monoisotopic (exact) mass is 309 g/mol. The van der Waals surface area contributed by atoms with Gasteiger partial charge in [-0.05, 0) is 63.1 Å². The van der Waals surface area contributed by atoms with Gasteiger partial charge in [0.1, 0.15) is 11.6 Å². The second-order valence-electron chi connectivity index (χ2n) is 5.91. The second-order valence-corrected chi connectivity index (χ2v) is 5.91. The Morgan fingerprint density at radius 3 is 2.39 bits per heavy atom. The van der Waals surface area contributed by atoms with Crippen LogP contribution in [-0.4, -0.2) is 28.2 Å². The Bertz CT molecular complexity index is 808. The number of hydrogen-bond acceptors (Lipinski definition) is 3. The number of imidazole rings is 1. The van der Waals surface area contributed by atoms with E-state index in [9.17, 15) is 5.11 Å². The van der Waals surface area contributed by atoms with Gasteiger partial charge in [-0.1, -0.05) is 0 Å². The van der Waals surface area contributed by atoms with Gasteiger partial charge in [-0.15, -0.1) is 0 Å². The molecule has 4 heteroatoms. The molecule has 4 nitrogen and oxygen atoms in total. The first-order valence-electron chi connectivity index (χ1n) is 8.08. The molecule has 0 aliphatic carbocycles. The number of anilines is 1. The lowest BCUT2D eigenvalue weighted by molar-refractivity contribution is 0.477. The second kappa shape index (κ2) is 5.95. The van der Waals surface area contributed by atoms with Gasteiger partial charge in [0.2, 0.25) is 0 Å². The number of rotatable bonds is 4. The first kappa shape index (κ1) is 15.4. The molecule has 3 aromatic rings. The van der Waals surface area contributed by atoms with E-state index in [1.807, 2.05) is 18.2 Å². The largest absolute Gasteiger partial charge is 0.507 e. The van der Waals surface area contributed by atoms with E-state index in [1.165, 1.54) is 11.1 Å². The van der Waals surface area contributed by atoms with Gasteiger partial charge >= 0.3 is 0 Å². The number of benzene rings is 2. The predicted octanol–water partition coefficient (Wildman–Crippen LogP) is 4.40. The van der Waals surface area contributed by atoms with Gasteiger partial charge < -0.3 is 15.0 Å². The highest BCUT2D eigenvalue weighted by Gasteiger charge is 2.12. The van der Waals surface area contributed by atoms with E-state index < -0.39 is 0 Å². The summed E-state index contributed by atoms with van der Waals surface area (Å²) in [7, 11) is 0. The highest BCUT2D eigenvalue weighted by molar-refractivity contribution is 5.82. The van der Waals surface area contributed by atoms with Crippen LogP contribution in [0.3, 0.4) is 0 Å². The average Bonchev–Trinajstić information content (AvgIpc) is 2.91. The third-order valence-electron chi connectivity index (χ3n) is 4.46. The molecule has 2 aromatic carbocycles. The van der Waals surface area contributed by atoms with Gasteiger partial charge in [-0.3, -0.25) is 0 Å². The molecule has 1 heterocycles. The number of aromatic amines is 1. The van der Waals surface area contributed by atoms with Crippen LogP contribution >= 0.6 is 0 Å². The quantitative estimate of drug-likeness (QED) is 0.751. The van der Waals surface area contributed by atoms with E-state index in [0.29, 0.717) is 5.82 Å². The topological polar surface area (TPSA) is 52.2 Å². The number of fused-ring (bicyclic) bond motifs is 1. The van der Waals surface area contributed by atoms with Crippen LogP contribution in [0.4, 0.5) is 5.69 Å². The maximum atomic E-state index is 10.4. The molecular weight excluding hydrogens is 286 g/mol. The SMILES string of the molecule is CCN(CC)c1ccc(-c2nc3cc(C)c(C)cc3[nH]2)c(O)c1. The Morgan fingerprint density at radius 1 is 1.04 bits per heavy atom. The Hall–Kier alpha value is -2.49. The number of aryl methyl sites for hydroxylation is 2. The molecule has 0 unspecified atom stereocenters. The lowest BCUT2D eigenvalue weighted by Gasteiger charge is -2.21. The smallest absolute Gasteiger partial charge is 0.142 e. The molecule has 23 heavy (non-hydrogen) atoms. The first-order chi connectivity index (χ1) is 11.0. The standard InChI is InChI=1S/C19H23N3O/c1-5-22(6-2)14-7-8-15(18(23)11-14)19-20-16-9-12(3)13(4)10-17(16)21-19/h7-11,23H,5-6H2,1-4H3,(H,20,21). The van der Waals surface area contributed by atoms with Crippen molar-refractivity contribution in [2.24, 2.45) is 0 Å². The molecule has 0 amide bonds. The molecule has 0 saturated carbocycles. The highest BCUT2D eigenvalue weighted by Crippen LogP contribution is 2.32. The molecule has 2 N–H and O–H groups in total. The first-order valence-corrected chi connectivity index (χ1v) is 8.08. The van der Waals surface area contributed by atoms with Crippen molar-refractivity contribution >= 4 is 16.7 Å². The maximum Gasteiger partial charge on any atom is 0.142 e. The number of phenolic OH excluding ortho intramolecular Hbond substituents is 1. The fourth-order valence-corrected chi connectivity index (χ4v) is 2.90. The molecule has 0 aliphatic rings. The van der Waals surface area contributed by atoms with Crippen molar-refractivity contribution in [2.45, 2.75) is 27.7 Å². The predicted molar refractivity (Wildman–Crippen MR) is 96.2 cm³/mol. The number of nitrogens with zero attached hydrogens (tertiary/aromatic N) is 2. The van der Waals surface area contributed by atoms with Crippen LogP contribution in [0.1, 0.15) is 25.0 Å². The fraction of sp³-hybridized carbons (Fsp3) is 0.316. The molecule has 1 aromatic heterocycles. The molecule has 0 aliphatic heterocycles. The summed E-state index contributed by atoms with van der Waals surface area (Å²) in [6.07, 6.45) is 0. The zero-order valence-corrected chi connectivity index (χ0v) is 14.1. The molecule has 0 bridgehead atoms. The minimum Gasteiger partial charge on any atom is -0.507 e. The van der Waals surface area contributed by atoms with Crippen LogP contribution in [-0.2, 0) is 0 Å². The molecule has 0 atom stereocenters.